The van der Waals surface area contributed by atoms with Crippen LogP contribution >= 0.6 is 0 Å². The Hall–Kier alpha value is -2.14. The van der Waals surface area contributed by atoms with Gasteiger partial charge in [-0.3, -0.25) is 4.79 Å². The molecule has 0 bridgehead atoms. The Morgan fingerprint density at radius 3 is 2.42 bits per heavy atom. The van der Waals surface area contributed by atoms with Gasteiger partial charge in [-0.15, -0.1) is 0 Å². The molecule has 0 fully saturated rings. The van der Waals surface area contributed by atoms with Gasteiger partial charge >= 0.3 is 5.97 Å². The Morgan fingerprint density at radius 2 is 1.89 bits per heavy atom. The van der Waals surface area contributed by atoms with Crippen LogP contribution < -0.4 is 10.6 Å². The first-order chi connectivity index (χ1) is 8.97. The molecule has 1 aromatic carbocycles. The van der Waals surface area contributed by atoms with Crippen molar-refractivity contribution in [2.24, 2.45) is 0 Å². The van der Waals surface area contributed by atoms with Crippen LogP contribution in [0.4, 0.5) is 5.69 Å². The SMILES string of the molecule is CC(C)NCC(=O)Nc1ccc(/C=C/C(=O)O)cc1. The van der Waals surface area contributed by atoms with Gasteiger partial charge in [-0.25, -0.2) is 4.79 Å². The average molecular weight is 262 g/mol. The highest BCUT2D eigenvalue weighted by Crippen LogP contribution is 2.10. The highest BCUT2D eigenvalue weighted by atomic mass is 16.4. The van der Waals surface area contributed by atoms with E-state index in [2.05, 4.69) is 10.6 Å². The second kappa shape index (κ2) is 7.33. The zero-order chi connectivity index (χ0) is 14.3. The first-order valence-electron chi connectivity index (χ1n) is 6.01. The number of carboxylic acid groups (broad SMARTS) is 1. The minimum absolute atomic E-state index is 0.109. The maximum atomic E-state index is 11.6. The van der Waals surface area contributed by atoms with Crippen molar-refractivity contribution in [1.82, 2.24) is 5.32 Å². The summed E-state index contributed by atoms with van der Waals surface area (Å²) < 4.78 is 0. The number of aliphatic carboxylic acids is 1. The van der Waals surface area contributed by atoms with Crippen molar-refractivity contribution in [3.8, 4) is 0 Å². The number of carbonyl (C=O) groups excluding carboxylic acids is 1. The van der Waals surface area contributed by atoms with Gasteiger partial charge in [0.15, 0.2) is 0 Å². The predicted molar refractivity (Wildman–Crippen MR) is 74.9 cm³/mol. The Bertz CT molecular complexity index is 464. The van der Waals surface area contributed by atoms with Gasteiger partial charge in [-0.1, -0.05) is 26.0 Å². The fourth-order valence-electron chi connectivity index (χ4n) is 1.35. The first-order valence-corrected chi connectivity index (χ1v) is 6.01. The summed E-state index contributed by atoms with van der Waals surface area (Å²) in [5.41, 5.74) is 1.45. The number of amides is 1. The monoisotopic (exact) mass is 262 g/mol. The average Bonchev–Trinajstić information content (AvgIpc) is 2.35. The van der Waals surface area contributed by atoms with E-state index in [4.69, 9.17) is 5.11 Å². The van der Waals surface area contributed by atoms with Crippen molar-refractivity contribution < 1.29 is 14.7 Å². The lowest BCUT2D eigenvalue weighted by molar-refractivity contribution is -0.131. The van der Waals surface area contributed by atoms with E-state index in [0.717, 1.165) is 11.6 Å². The molecule has 0 aliphatic carbocycles. The summed E-state index contributed by atoms with van der Waals surface area (Å²) in [4.78, 5) is 21.9. The first kappa shape index (κ1) is 14.9. The molecule has 0 aliphatic heterocycles. The number of nitrogens with one attached hydrogen (secondary N) is 2. The zero-order valence-electron chi connectivity index (χ0n) is 11.0. The molecule has 0 spiro atoms. The number of hydrogen-bond acceptors (Lipinski definition) is 3. The van der Waals surface area contributed by atoms with Crippen LogP contribution in [0.25, 0.3) is 6.08 Å². The van der Waals surface area contributed by atoms with Gasteiger partial charge in [0.1, 0.15) is 0 Å². The summed E-state index contributed by atoms with van der Waals surface area (Å²) in [6.45, 7) is 4.20. The van der Waals surface area contributed by atoms with E-state index in [1.165, 1.54) is 6.08 Å². The van der Waals surface area contributed by atoms with Crippen molar-refractivity contribution in [2.45, 2.75) is 19.9 Å². The van der Waals surface area contributed by atoms with Crippen LogP contribution in [0.5, 0.6) is 0 Å². The van der Waals surface area contributed by atoms with Crippen LogP contribution in [0.1, 0.15) is 19.4 Å². The molecule has 1 amide bonds. The van der Waals surface area contributed by atoms with Crippen molar-refractivity contribution in [3.63, 3.8) is 0 Å². The van der Waals surface area contributed by atoms with Gasteiger partial charge in [-0.05, 0) is 23.8 Å². The number of anilines is 1. The second-order valence-electron chi connectivity index (χ2n) is 4.38. The molecule has 0 unspecified atom stereocenters. The quantitative estimate of drug-likeness (QED) is 0.682. The summed E-state index contributed by atoms with van der Waals surface area (Å²) in [6, 6.07) is 7.20. The van der Waals surface area contributed by atoms with Gasteiger partial charge in [0.25, 0.3) is 0 Å². The third kappa shape index (κ3) is 6.38. The second-order valence-corrected chi connectivity index (χ2v) is 4.38. The number of hydrogen-bond donors (Lipinski definition) is 3. The topological polar surface area (TPSA) is 78.4 Å². The van der Waals surface area contributed by atoms with Gasteiger partial charge in [0, 0.05) is 17.8 Å². The van der Waals surface area contributed by atoms with E-state index >= 15 is 0 Å². The highest BCUT2D eigenvalue weighted by Gasteiger charge is 2.02. The standard InChI is InChI=1S/C14H18N2O3/c1-10(2)15-9-13(17)16-12-6-3-11(4-7-12)5-8-14(18)19/h3-8,10,15H,9H2,1-2H3,(H,16,17)(H,18,19)/b8-5+. The zero-order valence-corrected chi connectivity index (χ0v) is 11.0. The van der Waals surface area contributed by atoms with Crippen LogP contribution in [-0.4, -0.2) is 29.6 Å². The molecular weight excluding hydrogens is 244 g/mol. The normalized spacial score (nSPS) is 10.9. The molecule has 0 radical (unpaired) electrons. The van der Waals surface area contributed by atoms with E-state index in [1.54, 1.807) is 24.3 Å². The van der Waals surface area contributed by atoms with Crippen molar-refractivity contribution in [2.75, 3.05) is 11.9 Å². The fourth-order valence-corrected chi connectivity index (χ4v) is 1.35. The minimum Gasteiger partial charge on any atom is -0.478 e. The van der Waals surface area contributed by atoms with Crippen LogP contribution in [0.3, 0.4) is 0 Å². The summed E-state index contributed by atoms with van der Waals surface area (Å²) in [5.74, 6) is -1.10. The summed E-state index contributed by atoms with van der Waals surface area (Å²) in [5, 5.41) is 14.3. The van der Waals surface area contributed by atoms with Gasteiger partial charge in [0.2, 0.25) is 5.91 Å². The predicted octanol–water partition coefficient (Wildman–Crippen LogP) is 1.72. The third-order valence-corrected chi connectivity index (χ3v) is 2.28. The third-order valence-electron chi connectivity index (χ3n) is 2.28. The van der Waals surface area contributed by atoms with E-state index in [1.807, 2.05) is 13.8 Å². The largest absolute Gasteiger partial charge is 0.478 e. The maximum Gasteiger partial charge on any atom is 0.328 e. The molecule has 0 aliphatic rings. The Morgan fingerprint density at radius 1 is 1.26 bits per heavy atom. The van der Waals surface area contributed by atoms with Crippen LogP contribution in [0, 0.1) is 0 Å². The lowest BCUT2D eigenvalue weighted by atomic mass is 10.2. The molecule has 0 atom stereocenters. The van der Waals surface area contributed by atoms with Gasteiger partial charge < -0.3 is 15.7 Å². The summed E-state index contributed by atoms with van der Waals surface area (Å²) >= 11 is 0. The summed E-state index contributed by atoms with van der Waals surface area (Å²) in [6.07, 6.45) is 2.56. The number of benzene rings is 1. The number of carboxylic acids is 1. The molecule has 19 heavy (non-hydrogen) atoms. The van der Waals surface area contributed by atoms with Crippen LogP contribution in [0.2, 0.25) is 0 Å². The molecule has 0 aromatic heterocycles. The van der Waals surface area contributed by atoms with Crippen LogP contribution in [-0.2, 0) is 9.59 Å². The van der Waals surface area contributed by atoms with Gasteiger partial charge in [-0.2, -0.15) is 0 Å². The maximum absolute atomic E-state index is 11.6. The summed E-state index contributed by atoms with van der Waals surface area (Å²) in [7, 11) is 0. The van der Waals surface area contributed by atoms with E-state index in [-0.39, 0.29) is 18.5 Å². The van der Waals surface area contributed by atoms with Crippen LogP contribution in [0.15, 0.2) is 30.3 Å². The molecule has 5 heteroatoms. The van der Waals surface area contributed by atoms with E-state index in [0.29, 0.717) is 5.69 Å². The molecule has 0 heterocycles. The molecular formula is C14H18N2O3. The van der Waals surface area contributed by atoms with Crippen molar-refractivity contribution in [3.05, 3.63) is 35.9 Å². The highest BCUT2D eigenvalue weighted by molar-refractivity contribution is 5.92. The number of carbonyl (C=O) groups is 2. The Labute approximate surface area is 112 Å². The van der Waals surface area contributed by atoms with Gasteiger partial charge in [0.05, 0.1) is 6.54 Å². The fraction of sp³-hybridized carbons (Fsp3) is 0.286. The molecule has 102 valence electrons. The number of rotatable bonds is 6. The van der Waals surface area contributed by atoms with E-state index < -0.39 is 5.97 Å². The molecule has 0 saturated heterocycles. The molecule has 1 rings (SSSR count). The lowest BCUT2D eigenvalue weighted by Gasteiger charge is -2.09. The molecule has 1 aromatic rings. The van der Waals surface area contributed by atoms with Crippen molar-refractivity contribution >= 4 is 23.6 Å². The van der Waals surface area contributed by atoms with Crippen molar-refractivity contribution in [1.29, 1.82) is 0 Å². The molecule has 3 N–H and O–H groups in total. The van der Waals surface area contributed by atoms with E-state index in [9.17, 15) is 9.59 Å². The lowest BCUT2D eigenvalue weighted by Crippen LogP contribution is -2.32. The minimum atomic E-state index is -0.989. The Kier molecular flexibility index (Phi) is 5.75. The smallest absolute Gasteiger partial charge is 0.328 e. The molecule has 5 nitrogen and oxygen atoms in total. The molecule has 0 saturated carbocycles. The Balaban J connectivity index is 2.52.